The van der Waals surface area contributed by atoms with Crippen molar-refractivity contribution in [2.75, 3.05) is 11.9 Å². The van der Waals surface area contributed by atoms with Crippen LogP contribution in [0.2, 0.25) is 0 Å². The Kier molecular flexibility index (Phi) is 5.16. The Labute approximate surface area is 136 Å². The molecule has 114 valence electrons. The third-order valence-electron chi connectivity index (χ3n) is 2.89. The van der Waals surface area contributed by atoms with Crippen LogP contribution in [0.5, 0.6) is 5.75 Å². The average Bonchev–Trinajstić information content (AvgIpc) is 2.49. The maximum Gasteiger partial charge on any atom is 0.337 e. The molecule has 5 nitrogen and oxygen atoms in total. The molecule has 2 aromatic rings. The van der Waals surface area contributed by atoms with Gasteiger partial charge in [-0.25, -0.2) is 4.79 Å². The zero-order valence-corrected chi connectivity index (χ0v) is 13.4. The number of nitrogens with one attached hydrogen (secondary N) is 1. The summed E-state index contributed by atoms with van der Waals surface area (Å²) in [5, 5.41) is 11.8. The smallest absolute Gasteiger partial charge is 0.337 e. The van der Waals surface area contributed by atoms with Gasteiger partial charge >= 0.3 is 5.97 Å². The van der Waals surface area contributed by atoms with E-state index in [4.69, 9.17) is 9.84 Å². The quantitative estimate of drug-likeness (QED) is 0.846. The summed E-state index contributed by atoms with van der Waals surface area (Å²) in [5.74, 6) is -1.09. The summed E-state index contributed by atoms with van der Waals surface area (Å²) in [7, 11) is 0. The summed E-state index contributed by atoms with van der Waals surface area (Å²) < 4.78 is 6.16. The summed E-state index contributed by atoms with van der Waals surface area (Å²) in [4.78, 5) is 23.6. The fourth-order valence-corrected chi connectivity index (χ4v) is 2.29. The Morgan fingerprint density at radius 3 is 2.59 bits per heavy atom. The van der Waals surface area contributed by atoms with E-state index in [9.17, 15) is 9.59 Å². The second kappa shape index (κ2) is 7.09. The molecule has 2 N–H and O–H groups in total. The van der Waals surface area contributed by atoms with Crippen LogP contribution in [0.3, 0.4) is 0 Å². The summed E-state index contributed by atoms with van der Waals surface area (Å²) in [6.07, 6.45) is 0. The number of carboxylic acid groups (broad SMARTS) is 1. The van der Waals surface area contributed by atoms with Crippen molar-refractivity contribution in [1.29, 1.82) is 0 Å². The molecule has 0 unspecified atom stereocenters. The lowest BCUT2D eigenvalue weighted by molar-refractivity contribution is 0.0698. The fourth-order valence-electron chi connectivity index (χ4n) is 1.93. The minimum absolute atomic E-state index is 0.0313. The van der Waals surface area contributed by atoms with E-state index < -0.39 is 11.9 Å². The molecule has 0 aliphatic carbocycles. The third-order valence-corrected chi connectivity index (χ3v) is 3.39. The highest BCUT2D eigenvalue weighted by Gasteiger charge is 2.16. The number of amides is 1. The van der Waals surface area contributed by atoms with Gasteiger partial charge in [-0.3, -0.25) is 4.79 Å². The van der Waals surface area contributed by atoms with E-state index >= 15 is 0 Å². The molecule has 2 rings (SSSR count). The first kappa shape index (κ1) is 16.0. The lowest BCUT2D eigenvalue weighted by atomic mass is 10.1. The number of rotatable bonds is 5. The van der Waals surface area contributed by atoms with Crippen LogP contribution in [0.25, 0.3) is 0 Å². The molecule has 2 aromatic carbocycles. The normalized spacial score (nSPS) is 10.1. The van der Waals surface area contributed by atoms with Gasteiger partial charge in [-0.15, -0.1) is 0 Å². The fraction of sp³-hybridized carbons (Fsp3) is 0.125. The lowest BCUT2D eigenvalue weighted by Crippen LogP contribution is -2.16. The van der Waals surface area contributed by atoms with Crippen molar-refractivity contribution >= 4 is 33.5 Å². The van der Waals surface area contributed by atoms with Gasteiger partial charge in [0, 0.05) is 4.47 Å². The molecule has 0 aliphatic heterocycles. The van der Waals surface area contributed by atoms with Crippen LogP contribution in [0.4, 0.5) is 5.69 Å². The van der Waals surface area contributed by atoms with Crippen molar-refractivity contribution in [3.8, 4) is 5.75 Å². The van der Waals surface area contributed by atoms with E-state index in [1.165, 1.54) is 6.07 Å². The second-order valence-electron chi connectivity index (χ2n) is 4.38. The predicted octanol–water partition coefficient (Wildman–Crippen LogP) is 3.80. The van der Waals surface area contributed by atoms with Crippen LogP contribution >= 0.6 is 15.9 Å². The molecular formula is C16H14BrNO4. The highest BCUT2D eigenvalue weighted by molar-refractivity contribution is 9.10. The Morgan fingerprint density at radius 1 is 1.18 bits per heavy atom. The monoisotopic (exact) mass is 363 g/mol. The van der Waals surface area contributed by atoms with Gasteiger partial charge in [0.1, 0.15) is 5.75 Å². The van der Waals surface area contributed by atoms with Crippen LogP contribution < -0.4 is 10.1 Å². The van der Waals surface area contributed by atoms with Crippen LogP contribution in [-0.4, -0.2) is 23.6 Å². The Morgan fingerprint density at radius 2 is 1.91 bits per heavy atom. The number of ether oxygens (including phenoxy) is 1. The number of carbonyl (C=O) groups is 2. The number of carbonyl (C=O) groups excluding carboxylic acids is 1. The van der Waals surface area contributed by atoms with E-state index in [0.29, 0.717) is 17.9 Å². The average molecular weight is 364 g/mol. The zero-order chi connectivity index (χ0) is 16.1. The predicted molar refractivity (Wildman–Crippen MR) is 86.7 cm³/mol. The Balaban J connectivity index is 2.34. The zero-order valence-electron chi connectivity index (χ0n) is 11.8. The van der Waals surface area contributed by atoms with E-state index in [2.05, 4.69) is 21.2 Å². The third kappa shape index (κ3) is 3.65. The van der Waals surface area contributed by atoms with E-state index in [1.807, 2.05) is 6.92 Å². The van der Waals surface area contributed by atoms with Gasteiger partial charge in [-0.1, -0.05) is 28.1 Å². The molecule has 6 heteroatoms. The molecule has 0 saturated carbocycles. The topological polar surface area (TPSA) is 75.6 Å². The van der Waals surface area contributed by atoms with Gasteiger partial charge in [0.2, 0.25) is 0 Å². The molecule has 0 spiro atoms. The van der Waals surface area contributed by atoms with Crippen LogP contribution in [0.15, 0.2) is 46.9 Å². The second-order valence-corrected chi connectivity index (χ2v) is 5.29. The van der Waals surface area contributed by atoms with Crippen LogP contribution in [-0.2, 0) is 0 Å². The first-order chi connectivity index (χ1) is 10.5. The number of hydrogen-bond donors (Lipinski definition) is 2. The van der Waals surface area contributed by atoms with Gasteiger partial charge in [0.05, 0.1) is 23.4 Å². The van der Waals surface area contributed by atoms with Gasteiger partial charge in [-0.05, 0) is 37.3 Å². The van der Waals surface area contributed by atoms with E-state index in [-0.39, 0.29) is 11.3 Å². The van der Waals surface area contributed by atoms with Crippen molar-refractivity contribution < 1.29 is 19.4 Å². The standard InChI is InChI=1S/C16H14BrNO4/c1-2-22-14-8-7-10(17)9-12(14)15(19)18-13-6-4-3-5-11(13)16(20)21/h3-9H,2H2,1H3,(H,18,19)(H,20,21). The number of aromatic carboxylic acids is 1. The summed E-state index contributed by atoms with van der Waals surface area (Å²) in [6, 6.07) is 11.3. The Hall–Kier alpha value is -2.34. The molecule has 0 saturated heterocycles. The number of benzene rings is 2. The van der Waals surface area contributed by atoms with Gasteiger partial charge in [0.15, 0.2) is 0 Å². The highest BCUT2D eigenvalue weighted by Crippen LogP contribution is 2.25. The molecule has 22 heavy (non-hydrogen) atoms. The Bertz CT molecular complexity index is 715. The van der Waals surface area contributed by atoms with Crippen molar-refractivity contribution in [2.24, 2.45) is 0 Å². The minimum atomic E-state index is -1.10. The van der Waals surface area contributed by atoms with Crippen molar-refractivity contribution in [3.05, 3.63) is 58.1 Å². The maximum atomic E-state index is 12.4. The van der Waals surface area contributed by atoms with Crippen LogP contribution in [0, 0.1) is 0 Å². The highest BCUT2D eigenvalue weighted by atomic mass is 79.9. The van der Waals surface area contributed by atoms with Crippen molar-refractivity contribution in [3.63, 3.8) is 0 Å². The number of carboxylic acids is 1. The van der Waals surface area contributed by atoms with Gasteiger partial charge < -0.3 is 15.2 Å². The number of para-hydroxylation sites is 1. The number of halogens is 1. The van der Waals surface area contributed by atoms with Crippen LogP contribution in [0.1, 0.15) is 27.6 Å². The SMILES string of the molecule is CCOc1ccc(Br)cc1C(=O)Nc1ccccc1C(=O)O. The molecule has 0 fully saturated rings. The maximum absolute atomic E-state index is 12.4. The molecule has 0 aromatic heterocycles. The molecule has 0 heterocycles. The molecule has 0 atom stereocenters. The minimum Gasteiger partial charge on any atom is -0.493 e. The molecule has 1 amide bonds. The molecule has 0 radical (unpaired) electrons. The summed E-state index contributed by atoms with van der Waals surface area (Å²) >= 11 is 3.31. The van der Waals surface area contributed by atoms with Gasteiger partial charge in [0.25, 0.3) is 5.91 Å². The summed E-state index contributed by atoms with van der Waals surface area (Å²) in [5.41, 5.74) is 0.600. The first-order valence-corrected chi connectivity index (χ1v) is 7.38. The van der Waals surface area contributed by atoms with Crippen molar-refractivity contribution in [1.82, 2.24) is 0 Å². The van der Waals surface area contributed by atoms with E-state index in [0.717, 1.165) is 4.47 Å². The van der Waals surface area contributed by atoms with Gasteiger partial charge in [-0.2, -0.15) is 0 Å². The van der Waals surface area contributed by atoms with Crippen molar-refractivity contribution in [2.45, 2.75) is 6.92 Å². The van der Waals surface area contributed by atoms with E-state index in [1.54, 1.807) is 36.4 Å². The lowest BCUT2D eigenvalue weighted by Gasteiger charge is -2.12. The largest absolute Gasteiger partial charge is 0.493 e. The molecular weight excluding hydrogens is 350 g/mol. The number of anilines is 1. The first-order valence-electron chi connectivity index (χ1n) is 6.59. The molecule has 0 bridgehead atoms. The summed E-state index contributed by atoms with van der Waals surface area (Å²) in [6.45, 7) is 2.25. The number of hydrogen-bond acceptors (Lipinski definition) is 3. The molecule has 0 aliphatic rings.